The van der Waals surface area contributed by atoms with Crippen LogP contribution in [0.3, 0.4) is 0 Å². The normalized spacial score (nSPS) is 10.5. The van der Waals surface area contributed by atoms with Gasteiger partial charge in [-0.25, -0.2) is 4.68 Å². The number of hydrogen-bond donors (Lipinski definition) is 1. The van der Waals surface area contributed by atoms with Gasteiger partial charge in [-0.15, -0.1) is 5.10 Å². The van der Waals surface area contributed by atoms with Crippen LogP contribution in [-0.4, -0.2) is 20.0 Å². The molecule has 15 heavy (non-hydrogen) atoms. The van der Waals surface area contributed by atoms with E-state index in [1.54, 1.807) is 0 Å². The molecule has 0 atom stereocenters. The van der Waals surface area contributed by atoms with Crippen molar-refractivity contribution in [3.8, 4) is 0 Å². The Morgan fingerprint density at radius 1 is 1.40 bits per heavy atom. The smallest absolute Gasteiger partial charge is 0.142 e. The largest absolute Gasteiger partial charge is 0.388 e. The van der Waals surface area contributed by atoms with E-state index < -0.39 is 0 Å². The van der Waals surface area contributed by atoms with E-state index in [1.807, 2.05) is 11.6 Å². The number of aromatic nitrogens is 3. The van der Waals surface area contributed by atoms with Gasteiger partial charge in [-0.3, -0.25) is 0 Å². The Labute approximate surface area is 95.8 Å². The third-order valence-electron chi connectivity index (χ3n) is 2.44. The molecule has 0 amide bonds. The van der Waals surface area contributed by atoms with Crippen molar-refractivity contribution >= 4 is 17.2 Å². The second-order valence-corrected chi connectivity index (χ2v) is 4.11. The minimum atomic E-state index is 0.326. The van der Waals surface area contributed by atoms with Crippen LogP contribution < -0.4 is 5.73 Å². The first-order chi connectivity index (χ1) is 7.16. The summed E-state index contributed by atoms with van der Waals surface area (Å²) < 4.78 is 1.88. The van der Waals surface area contributed by atoms with Crippen LogP contribution in [0.4, 0.5) is 0 Å². The lowest BCUT2D eigenvalue weighted by Gasteiger charge is -2.02. The molecule has 0 fully saturated rings. The Hall–Kier alpha value is -0.970. The van der Waals surface area contributed by atoms with Crippen molar-refractivity contribution < 1.29 is 0 Å². The number of thiocarbonyl (C=S) groups is 1. The van der Waals surface area contributed by atoms with Gasteiger partial charge in [-0.05, 0) is 13.3 Å². The van der Waals surface area contributed by atoms with Gasteiger partial charge in [0, 0.05) is 6.54 Å². The topological polar surface area (TPSA) is 56.7 Å². The zero-order chi connectivity index (χ0) is 11.3. The van der Waals surface area contributed by atoms with Gasteiger partial charge in [0.2, 0.25) is 0 Å². The van der Waals surface area contributed by atoms with Crippen LogP contribution in [0.2, 0.25) is 0 Å². The maximum absolute atomic E-state index is 5.52. The van der Waals surface area contributed by atoms with Gasteiger partial charge >= 0.3 is 0 Å². The van der Waals surface area contributed by atoms with E-state index in [9.17, 15) is 0 Å². The highest BCUT2D eigenvalue weighted by Gasteiger charge is 2.09. The summed E-state index contributed by atoms with van der Waals surface area (Å²) in [6.45, 7) is 5.06. The molecule has 1 aromatic rings. The first kappa shape index (κ1) is 12.1. The Bertz CT molecular complexity index is 332. The third kappa shape index (κ3) is 3.27. The molecule has 4 nitrogen and oxygen atoms in total. The first-order valence-corrected chi connectivity index (χ1v) is 5.77. The van der Waals surface area contributed by atoms with Gasteiger partial charge < -0.3 is 5.73 Å². The molecule has 0 unspecified atom stereocenters. The summed E-state index contributed by atoms with van der Waals surface area (Å²) >= 11 is 4.88. The molecular formula is C10H18N4S. The predicted octanol–water partition coefficient (Wildman–Crippen LogP) is 1.80. The van der Waals surface area contributed by atoms with E-state index in [1.165, 1.54) is 19.3 Å². The fraction of sp³-hybridized carbons (Fsp3) is 0.700. The van der Waals surface area contributed by atoms with Gasteiger partial charge in [0.1, 0.15) is 10.7 Å². The van der Waals surface area contributed by atoms with Crippen LogP contribution in [0, 0.1) is 6.92 Å². The number of hydrogen-bond acceptors (Lipinski definition) is 3. The number of unbranched alkanes of at least 4 members (excludes halogenated alkanes) is 3. The maximum Gasteiger partial charge on any atom is 0.142 e. The molecule has 0 aliphatic rings. The quantitative estimate of drug-likeness (QED) is 0.593. The van der Waals surface area contributed by atoms with Crippen molar-refractivity contribution in [1.29, 1.82) is 0 Å². The van der Waals surface area contributed by atoms with Crippen LogP contribution in [-0.2, 0) is 6.54 Å². The average Bonchev–Trinajstić information content (AvgIpc) is 2.55. The first-order valence-electron chi connectivity index (χ1n) is 5.36. The summed E-state index contributed by atoms with van der Waals surface area (Å²) in [5, 5.41) is 7.99. The SMILES string of the molecule is CCCCCCn1nnc(C(N)=S)c1C. The molecule has 1 heterocycles. The van der Waals surface area contributed by atoms with Gasteiger partial charge in [0.15, 0.2) is 0 Å². The molecule has 0 saturated carbocycles. The standard InChI is InChI=1S/C10H18N4S/c1-3-4-5-6-7-14-8(2)9(10(11)15)12-13-14/h3-7H2,1-2H3,(H2,11,15). The molecule has 0 aliphatic carbocycles. The van der Waals surface area contributed by atoms with E-state index in [4.69, 9.17) is 18.0 Å². The van der Waals surface area contributed by atoms with E-state index in [2.05, 4.69) is 17.2 Å². The third-order valence-corrected chi connectivity index (χ3v) is 2.63. The van der Waals surface area contributed by atoms with Crippen molar-refractivity contribution in [1.82, 2.24) is 15.0 Å². The van der Waals surface area contributed by atoms with E-state index in [-0.39, 0.29) is 0 Å². The molecule has 1 rings (SSSR count). The van der Waals surface area contributed by atoms with Crippen LogP contribution in [0.25, 0.3) is 0 Å². The number of nitrogens with two attached hydrogens (primary N) is 1. The summed E-state index contributed by atoms with van der Waals surface area (Å²) in [5.74, 6) is 0. The Morgan fingerprint density at radius 3 is 2.67 bits per heavy atom. The highest BCUT2D eigenvalue weighted by atomic mass is 32.1. The minimum absolute atomic E-state index is 0.326. The highest BCUT2D eigenvalue weighted by molar-refractivity contribution is 7.80. The van der Waals surface area contributed by atoms with E-state index >= 15 is 0 Å². The monoisotopic (exact) mass is 226 g/mol. The van der Waals surface area contributed by atoms with Gasteiger partial charge in [0.05, 0.1) is 5.69 Å². The van der Waals surface area contributed by atoms with Crippen molar-refractivity contribution in [3.63, 3.8) is 0 Å². The molecule has 84 valence electrons. The second-order valence-electron chi connectivity index (χ2n) is 3.67. The maximum atomic E-state index is 5.52. The van der Waals surface area contributed by atoms with E-state index in [0.29, 0.717) is 10.7 Å². The van der Waals surface area contributed by atoms with Crippen LogP contribution in [0.1, 0.15) is 44.0 Å². The van der Waals surface area contributed by atoms with Crippen molar-refractivity contribution in [2.24, 2.45) is 5.73 Å². The summed E-state index contributed by atoms with van der Waals surface area (Å²) in [6, 6.07) is 0. The summed E-state index contributed by atoms with van der Waals surface area (Å²) in [6.07, 6.45) is 4.89. The van der Waals surface area contributed by atoms with Crippen LogP contribution in [0.15, 0.2) is 0 Å². The van der Waals surface area contributed by atoms with Gasteiger partial charge in [-0.2, -0.15) is 0 Å². The lowest BCUT2D eigenvalue weighted by atomic mass is 10.2. The molecule has 5 heteroatoms. The Kier molecular flexibility index (Phi) is 4.68. The zero-order valence-electron chi connectivity index (χ0n) is 9.36. The molecule has 0 bridgehead atoms. The number of rotatable bonds is 6. The van der Waals surface area contributed by atoms with Gasteiger partial charge in [-0.1, -0.05) is 43.6 Å². The van der Waals surface area contributed by atoms with Crippen molar-refractivity contribution in [2.75, 3.05) is 0 Å². The van der Waals surface area contributed by atoms with Crippen LogP contribution in [0.5, 0.6) is 0 Å². The molecule has 1 aromatic heterocycles. The number of nitrogens with zero attached hydrogens (tertiary/aromatic N) is 3. The molecule has 0 saturated heterocycles. The lowest BCUT2D eigenvalue weighted by molar-refractivity contribution is 0.519. The molecule has 2 N–H and O–H groups in total. The predicted molar refractivity (Wildman–Crippen MR) is 64.8 cm³/mol. The molecule has 0 aliphatic heterocycles. The van der Waals surface area contributed by atoms with Gasteiger partial charge in [0.25, 0.3) is 0 Å². The fourth-order valence-corrected chi connectivity index (χ4v) is 1.68. The minimum Gasteiger partial charge on any atom is -0.388 e. The molecule has 0 radical (unpaired) electrons. The highest BCUT2D eigenvalue weighted by Crippen LogP contribution is 2.06. The van der Waals surface area contributed by atoms with E-state index in [0.717, 1.165) is 18.7 Å². The molecular weight excluding hydrogens is 208 g/mol. The summed E-state index contributed by atoms with van der Waals surface area (Å²) in [5.41, 5.74) is 7.14. The second kappa shape index (κ2) is 5.80. The Balaban J connectivity index is 2.51. The summed E-state index contributed by atoms with van der Waals surface area (Å²) in [4.78, 5) is 0.326. The zero-order valence-corrected chi connectivity index (χ0v) is 10.2. The molecule has 0 spiro atoms. The lowest BCUT2D eigenvalue weighted by Crippen LogP contribution is -2.12. The van der Waals surface area contributed by atoms with Crippen molar-refractivity contribution in [2.45, 2.75) is 46.1 Å². The van der Waals surface area contributed by atoms with Crippen molar-refractivity contribution in [3.05, 3.63) is 11.4 Å². The fourth-order valence-electron chi connectivity index (χ4n) is 1.49. The number of aryl methyl sites for hydroxylation is 1. The van der Waals surface area contributed by atoms with Crippen LogP contribution >= 0.6 is 12.2 Å². The summed E-state index contributed by atoms with van der Waals surface area (Å²) in [7, 11) is 0. The Morgan fingerprint density at radius 2 is 2.13 bits per heavy atom. The average molecular weight is 226 g/mol. The molecule has 0 aromatic carbocycles.